The lowest BCUT2D eigenvalue weighted by Crippen LogP contribution is -2.43. The Bertz CT molecular complexity index is 268. The van der Waals surface area contributed by atoms with Crippen molar-refractivity contribution in [2.45, 2.75) is 51.9 Å². The average molecular weight is 365 g/mol. The van der Waals surface area contributed by atoms with Crippen LogP contribution in [0.25, 0.3) is 0 Å². The van der Waals surface area contributed by atoms with Crippen molar-refractivity contribution in [1.29, 1.82) is 0 Å². The number of aliphatic imine (C=N–C) groups is 1. The molecule has 2 saturated carbocycles. The van der Waals surface area contributed by atoms with Crippen LogP contribution in [0.3, 0.4) is 0 Å². The summed E-state index contributed by atoms with van der Waals surface area (Å²) in [6.45, 7) is 4.51. The van der Waals surface area contributed by atoms with Gasteiger partial charge >= 0.3 is 0 Å². The van der Waals surface area contributed by atoms with Crippen molar-refractivity contribution in [2.24, 2.45) is 16.3 Å². The minimum absolute atomic E-state index is 0. The fraction of sp³-hybridized carbons (Fsp3) is 0.929. The molecule has 106 valence electrons. The van der Waals surface area contributed by atoms with E-state index in [1.54, 1.807) is 0 Å². The van der Waals surface area contributed by atoms with Gasteiger partial charge in [0.25, 0.3) is 0 Å². The standard InChI is InChI=1S/C14H27N3.HI/c1-3-14(8-4-5-9-14)11-17-13(15-2)16-10-12-6-7-12;/h12H,3-11H2,1-2H3,(H2,15,16,17);1H. The third-order valence-electron chi connectivity index (χ3n) is 4.52. The Morgan fingerprint density at radius 1 is 1.22 bits per heavy atom. The predicted octanol–water partition coefficient (Wildman–Crippen LogP) is 3.15. The van der Waals surface area contributed by atoms with Gasteiger partial charge in [0.2, 0.25) is 0 Å². The van der Waals surface area contributed by atoms with Crippen molar-refractivity contribution >= 4 is 29.9 Å². The molecule has 0 spiro atoms. The first-order valence-corrected chi connectivity index (χ1v) is 7.22. The van der Waals surface area contributed by atoms with Crippen molar-refractivity contribution in [3.8, 4) is 0 Å². The summed E-state index contributed by atoms with van der Waals surface area (Å²) in [5, 5.41) is 6.96. The fourth-order valence-electron chi connectivity index (χ4n) is 2.84. The largest absolute Gasteiger partial charge is 0.356 e. The van der Waals surface area contributed by atoms with Gasteiger partial charge in [-0.2, -0.15) is 0 Å². The number of hydrogen-bond donors (Lipinski definition) is 2. The molecule has 0 atom stereocenters. The second-order valence-electron chi connectivity index (χ2n) is 5.81. The monoisotopic (exact) mass is 365 g/mol. The maximum atomic E-state index is 4.31. The maximum Gasteiger partial charge on any atom is 0.191 e. The van der Waals surface area contributed by atoms with Crippen molar-refractivity contribution in [3.63, 3.8) is 0 Å². The molecule has 0 unspecified atom stereocenters. The SMILES string of the molecule is CCC1(CNC(=NC)NCC2CC2)CCCC1.I. The van der Waals surface area contributed by atoms with Crippen LogP contribution in [0.4, 0.5) is 0 Å². The Labute approximate surface area is 129 Å². The number of hydrogen-bond acceptors (Lipinski definition) is 1. The lowest BCUT2D eigenvalue weighted by atomic mass is 9.83. The third kappa shape index (κ3) is 4.59. The molecular weight excluding hydrogens is 337 g/mol. The summed E-state index contributed by atoms with van der Waals surface area (Å²) in [6.07, 6.45) is 9.66. The number of nitrogens with one attached hydrogen (secondary N) is 2. The zero-order chi connectivity index (χ0) is 12.1. The Morgan fingerprint density at radius 2 is 1.89 bits per heavy atom. The molecule has 2 rings (SSSR count). The summed E-state index contributed by atoms with van der Waals surface area (Å²) in [5.74, 6) is 1.90. The molecule has 2 aliphatic rings. The molecule has 0 aromatic heterocycles. The second kappa shape index (κ2) is 7.56. The van der Waals surface area contributed by atoms with Crippen LogP contribution in [-0.2, 0) is 0 Å². The molecule has 2 N–H and O–H groups in total. The summed E-state index contributed by atoms with van der Waals surface area (Å²) in [7, 11) is 1.87. The summed E-state index contributed by atoms with van der Waals surface area (Å²) in [5.41, 5.74) is 0.539. The average Bonchev–Trinajstić information content (AvgIpc) is 3.07. The van der Waals surface area contributed by atoms with Crippen LogP contribution in [0.5, 0.6) is 0 Å². The quantitative estimate of drug-likeness (QED) is 0.446. The zero-order valence-corrected chi connectivity index (χ0v) is 14.1. The van der Waals surface area contributed by atoms with E-state index in [9.17, 15) is 0 Å². The van der Waals surface area contributed by atoms with Gasteiger partial charge in [-0.1, -0.05) is 19.8 Å². The topological polar surface area (TPSA) is 36.4 Å². The molecule has 2 fully saturated rings. The molecule has 0 aromatic carbocycles. The van der Waals surface area contributed by atoms with Gasteiger partial charge in [0.1, 0.15) is 0 Å². The van der Waals surface area contributed by atoms with Gasteiger partial charge in [-0.3, -0.25) is 4.99 Å². The van der Waals surface area contributed by atoms with E-state index in [0.29, 0.717) is 5.41 Å². The van der Waals surface area contributed by atoms with Crippen LogP contribution in [-0.4, -0.2) is 26.1 Å². The van der Waals surface area contributed by atoms with Crippen molar-refractivity contribution < 1.29 is 0 Å². The smallest absolute Gasteiger partial charge is 0.191 e. The number of halogens is 1. The first kappa shape index (κ1) is 16.1. The van der Waals surface area contributed by atoms with E-state index < -0.39 is 0 Å². The Hall–Kier alpha value is 0. The van der Waals surface area contributed by atoms with E-state index in [0.717, 1.165) is 25.0 Å². The Morgan fingerprint density at radius 3 is 2.39 bits per heavy atom. The zero-order valence-electron chi connectivity index (χ0n) is 11.8. The molecule has 4 heteroatoms. The van der Waals surface area contributed by atoms with Crippen molar-refractivity contribution in [1.82, 2.24) is 10.6 Å². The molecule has 0 aromatic rings. The van der Waals surface area contributed by atoms with Gasteiger partial charge < -0.3 is 10.6 Å². The molecule has 3 nitrogen and oxygen atoms in total. The fourth-order valence-corrected chi connectivity index (χ4v) is 2.84. The van der Waals surface area contributed by atoms with Crippen molar-refractivity contribution in [2.75, 3.05) is 20.1 Å². The highest BCUT2D eigenvalue weighted by Gasteiger charge is 2.32. The van der Waals surface area contributed by atoms with Crippen LogP contribution in [0.2, 0.25) is 0 Å². The van der Waals surface area contributed by atoms with E-state index in [1.165, 1.54) is 44.9 Å². The van der Waals surface area contributed by atoms with Crippen molar-refractivity contribution in [3.05, 3.63) is 0 Å². The lowest BCUT2D eigenvalue weighted by Gasteiger charge is -2.28. The molecule has 0 amide bonds. The van der Waals surface area contributed by atoms with Crippen LogP contribution < -0.4 is 10.6 Å². The molecule has 0 saturated heterocycles. The number of rotatable bonds is 5. The molecular formula is C14H28IN3. The Balaban J connectivity index is 0.00000162. The summed E-state index contributed by atoms with van der Waals surface area (Å²) in [4.78, 5) is 4.31. The van der Waals surface area contributed by atoms with E-state index in [-0.39, 0.29) is 24.0 Å². The van der Waals surface area contributed by atoms with E-state index in [4.69, 9.17) is 0 Å². The Kier molecular flexibility index (Phi) is 6.74. The summed E-state index contributed by atoms with van der Waals surface area (Å²) in [6, 6.07) is 0. The van der Waals surface area contributed by atoms with Gasteiger partial charge in [0.05, 0.1) is 0 Å². The van der Waals surface area contributed by atoms with Gasteiger partial charge in [-0.15, -0.1) is 24.0 Å². The molecule has 0 radical (unpaired) electrons. The summed E-state index contributed by atoms with van der Waals surface area (Å²) < 4.78 is 0. The van der Waals surface area contributed by atoms with Crippen LogP contribution in [0.15, 0.2) is 4.99 Å². The second-order valence-corrected chi connectivity index (χ2v) is 5.81. The molecule has 18 heavy (non-hydrogen) atoms. The van der Waals surface area contributed by atoms with E-state index in [2.05, 4.69) is 22.5 Å². The lowest BCUT2D eigenvalue weighted by molar-refractivity contribution is 0.283. The van der Waals surface area contributed by atoms with Crippen LogP contribution in [0, 0.1) is 11.3 Å². The normalized spacial score (nSPS) is 22.4. The highest BCUT2D eigenvalue weighted by Crippen LogP contribution is 2.40. The molecule has 0 aliphatic heterocycles. The highest BCUT2D eigenvalue weighted by molar-refractivity contribution is 14.0. The van der Waals surface area contributed by atoms with Gasteiger partial charge in [-0.05, 0) is 43.4 Å². The number of guanidine groups is 1. The first-order valence-electron chi connectivity index (χ1n) is 7.22. The minimum atomic E-state index is 0. The highest BCUT2D eigenvalue weighted by atomic mass is 127. The molecule has 2 aliphatic carbocycles. The van der Waals surface area contributed by atoms with E-state index >= 15 is 0 Å². The number of nitrogens with zero attached hydrogens (tertiary/aromatic N) is 1. The predicted molar refractivity (Wildman–Crippen MR) is 88.7 cm³/mol. The molecule has 0 heterocycles. The summed E-state index contributed by atoms with van der Waals surface area (Å²) >= 11 is 0. The first-order chi connectivity index (χ1) is 8.28. The van der Waals surface area contributed by atoms with Crippen LogP contribution >= 0.6 is 24.0 Å². The maximum absolute atomic E-state index is 4.31. The van der Waals surface area contributed by atoms with Crippen LogP contribution in [0.1, 0.15) is 51.9 Å². The minimum Gasteiger partial charge on any atom is -0.356 e. The van der Waals surface area contributed by atoms with E-state index in [1.807, 2.05) is 7.05 Å². The molecule has 0 bridgehead atoms. The van der Waals surface area contributed by atoms with Gasteiger partial charge in [-0.25, -0.2) is 0 Å². The van der Waals surface area contributed by atoms with Gasteiger partial charge in [0.15, 0.2) is 5.96 Å². The van der Waals surface area contributed by atoms with Gasteiger partial charge in [0, 0.05) is 20.1 Å². The third-order valence-corrected chi connectivity index (χ3v) is 4.52.